The fourth-order valence-corrected chi connectivity index (χ4v) is 4.78. The van der Waals surface area contributed by atoms with Crippen molar-refractivity contribution in [3.8, 4) is 0 Å². The number of hydrogen-bond donors (Lipinski definition) is 1. The van der Waals surface area contributed by atoms with Crippen LogP contribution in [0.3, 0.4) is 0 Å². The van der Waals surface area contributed by atoms with Crippen molar-refractivity contribution in [3.05, 3.63) is 17.5 Å². The van der Waals surface area contributed by atoms with E-state index in [4.69, 9.17) is 0 Å². The number of thiophene rings is 1. The Balaban J connectivity index is 1.43. The van der Waals surface area contributed by atoms with Crippen LogP contribution in [0.25, 0.3) is 0 Å². The van der Waals surface area contributed by atoms with Crippen LogP contribution in [0.2, 0.25) is 0 Å². The lowest BCUT2D eigenvalue weighted by Gasteiger charge is -2.35. The summed E-state index contributed by atoms with van der Waals surface area (Å²) < 4.78 is 0. The van der Waals surface area contributed by atoms with Gasteiger partial charge in [0, 0.05) is 26.2 Å². The fraction of sp³-hybridized carbons (Fsp3) is 0.737. The molecule has 2 saturated heterocycles. The van der Waals surface area contributed by atoms with Crippen LogP contribution in [-0.4, -0.2) is 48.6 Å². The number of rotatable bonds is 3. The average molecular weight is 350 g/mol. The molecule has 0 aromatic carbocycles. The van der Waals surface area contributed by atoms with Crippen LogP contribution in [-0.2, 0) is 0 Å². The Hall–Kier alpha value is -1.07. The Labute approximate surface area is 150 Å². The van der Waals surface area contributed by atoms with Crippen molar-refractivity contribution in [1.82, 2.24) is 9.80 Å². The van der Waals surface area contributed by atoms with E-state index in [1.807, 2.05) is 22.4 Å². The van der Waals surface area contributed by atoms with Crippen LogP contribution in [0.15, 0.2) is 17.5 Å². The first-order chi connectivity index (χ1) is 11.4. The Morgan fingerprint density at radius 1 is 1.21 bits per heavy atom. The minimum atomic E-state index is 0.0664. The van der Waals surface area contributed by atoms with Crippen LogP contribution in [0.4, 0.5) is 9.80 Å². The Morgan fingerprint density at radius 2 is 1.92 bits per heavy atom. The van der Waals surface area contributed by atoms with Crippen molar-refractivity contribution in [3.63, 3.8) is 0 Å². The molecule has 2 amide bonds. The van der Waals surface area contributed by atoms with E-state index < -0.39 is 0 Å². The molecule has 2 aliphatic rings. The molecule has 1 N–H and O–H groups in total. The summed E-state index contributed by atoms with van der Waals surface area (Å²) in [6.07, 6.45) is 3.65. The third-order valence-electron chi connectivity index (χ3n) is 5.25. The van der Waals surface area contributed by atoms with Gasteiger partial charge in [-0.1, -0.05) is 20.8 Å². The number of carbonyl (C=O) groups is 1. The van der Waals surface area contributed by atoms with Crippen molar-refractivity contribution < 1.29 is 4.79 Å². The molecule has 0 spiro atoms. The van der Waals surface area contributed by atoms with Crippen molar-refractivity contribution in [2.24, 2.45) is 17.3 Å². The van der Waals surface area contributed by atoms with E-state index in [9.17, 15) is 4.79 Å². The van der Waals surface area contributed by atoms with Gasteiger partial charge in [-0.25, -0.2) is 4.79 Å². The zero-order valence-corrected chi connectivity index (χ0v) is 16.1. The molecule has 0 aliphatic carbocycles. The summed E-state index contributed by atoms with van der Waals surface area (Å²) in [5.41, 5.74) is 0.387. The monoisotopic (exact) mass is 349 g/mol. The summed E-state index contributed by atoms with van der Waals surface area (Å²) in [5, 5.41) is 5.94. The first-order valence-corrected chi connectivity index (χ1v) is 10.1. The molecule has 0 bridgehead atoms. The molecular weight excluding hydrogens is 318 g/mol. The summed E-state index contributed by atoms with van der Waals surface area (Å²) in [7, 11) is 0. The molecule has 0 saturated carbocycles. The second-order valence-electron chi connectivity index (χ2n) is 8.58. The largest absolute Gasteiger partial charge is 0.324 e. The molecule has 3 rings (SSSR count). The molecule has 4 nitrogen and oxygen atoms in total. The molecule has 1 aromatic rings. The third-order valence-corrected chi connectivity index (χ3v) is 6.04. The summed E-state index contributed by atoms with van der Waals surface area (Å²) in [5.74, 6) is 1.62. The molecule has 134 valence electrons. The second kappa shape index (κ2) is 7.44. The summed E-state index contributed by atoms with van der Waals surface area (Å²) in [6, 6.07) is 3.99. The number of amides is 2. The highest BCUT2D eigenvalue weighted by Crippen LogP contribution is 2.33. The van der Waals surface area contributed by atoms with Gasteiger partial charge in [-0.05, 0) is 60.6 Å². The first-order valence-electron chi connectivity index (χ1n) is 9.22. The van der Waals surface area contributed by atoms with Gasteiger partial charge in [0.15, 0.2) is 0 Å². The van der Waals surface area contributed by atoms with Gasteiger partial charge in [-0.2, -0.15) is 0 Å². The molecule has 1 aromatic heterocycles. The van der Waals surface area contributed by atoms with E-state index in [0.717, 1.165) is 42.8 Å². The third kappa shape index (κ3) is 4.73. The minimum absolute atomic E-state index is 0.0664. The lowest BCUT2D eigenvalue weighted by atomic mass is 9.84. The number of anilines is 1. The summed E-state index contributed by atoms with van der Waals surface area (Å²) in [6.45, 7) is 12.5. The highest BCUT2D eigenvalue weighted by Gasteiger charge is 2.33. The lowest BCUT2D eigenvalue weighted by Crippen LogP contribution is -2.42. The van der Waals surface area contributed by atoms with E-state index in [2.05, 4.69) is 31.0 Å². The van der Waals surface area contributed by atoms with Gasteiger partial charge in [0.2, 0.25) is 0 Å². The maximum atomic E-state index is 12.3. The summed E-state index contributed by atoms with van der Waals surface area (Å²) >= 11 is 1.58. The van der Waals surface area contributed by atoms with Crippen LogP contribution < -0.4 is 5.32 Å². The first kappa shape index (κ1) is 17.7. The molecule has 1 unspecified atom stereocenters. The van der Waals surface area contributed by atoms with Crippen molar-refractivity contribution in [2.75, 3.05) is 38.0 Å². The van der Waals surface area contributed by atoms with Gasteiger partial charge in [0.1, 0.15) is 0 Å². The second-order valence-corrected chi connectivity index (χ2v) is 9.52. The zero-order valence-electron chi connectivity index (χ0n) is 15.3. The Kier molecular flexibility index (Phi) is 5.50. The SMILES string of the molecule is CC(C)(C)CN1CCC(C2CCN(C(=O)Nc3cccs3)CC2)C1. The maximum absolute atomic E-state index is 12.3. The van der Waals surface area contributed by atoms with E-state index in [1.54, 1.807) is 11.3 Å². The highest BCUT2D eigenvalue weighted by molar-refractivity contribution is 7.14. The van der Waals surface area contributed by atoms with Crippen molar-refractivity contribution in [1.29, 1.82) is 0 Å². The molecule has 0 radical (unpaired) electrons. The Morgan fingerprint density at radius 3 is 2.54 bits per heavy atom. The van der Waals surface area contributed by atoms with Gasteiger partial charge in [-0.15, -0.1) is 11.3 Å². The highest BCUT2D eigenvalue weighted by atomic mass is 32.1. The van der Waals surface area contributed by atoms with Crippen LogP contribution in [0.1, 0.15) is 40.0 Å². The lowest BCUT2D eigenvalue weighted by molar-refractivity contribution is 0.153. The van der Waals surface area contributed by atoms with Crippen LogP contribution in [0.5, 0.6) is 0 Å². The fourth-order valence-electron chi connectivity index (χ4n) is 4.17. The van der Waals surface area contributed by atoms with Crippen LogP contribution >= 0.6 is 11.3 Å². The number of hydrogen-bond acceptors (Lipinski definition) is 3. The van der Waals surface area contributed by atoms with Gasteiger partial charge < -0.3 is 9.80 Å². The number of likely N-dealkylation sites (tertiary alicyclic amines) is 2. The van der Waals surface area contributed by atoms with Crippen molar-refractivity contribution in [2.45, 2.75) is 40.0 Å². The molecule has 5 heteroatoms. The summed E-state index contributed by atoms with van der Waals surface area (Å²) in [4.78, 5) is 16.9. The zero-order chi connectivity index (χ0) is 17.2. The minimum Gasteiger partial charge on any atom is -0.324 e. The number of urea groups is 1. The van der Waals surface area contributed by atoms with E-state index >= 15 is 0 Å². The Bertz CT molecular complexity index is 529. The van der Waals surface area contributed by atoms with Gasteiger partial charge in [0.05, 0.1) is 5.00 Å². The standard InChI is InChI=1S/C19H31N3OS/c1-19(2,3)14-21-9-6-16(13-21)15-7-10-22(11-8-15)18(23)20-17-5-4-12-24-17/h4-5,12,15-16H,6-11,13-14H2,1-3H3,(H,20,23). The molecule has 2 fully saturated rings. The molecule has 2 aliphatic heterocycles. The van der Waals surface area contributed by atoms with Gasteiger partial charge in [-0.3, -0.25) is 5.32 Å². The molecule has 24 heavy (non-hydrogen) atoms. The van der Waals surface area contributed by atoms with Gasteiger partial charge in [0.25, 0.3) is 0 Å². The molecular formula is C19H31N3OS. The van der Waals surface area contributed by atoms with Crippen molar-refractivity contribution >= 4 is 22.4 Å². The van der Waals surface area contributed by atoms with E-state index in [-0.39, 0.29) is 6.03 Å². The average Bonchev–Trinajstić information content (AvgIpc) is 3.17. The number of nitrogens with one attached hydrogen (secondary N) is 1. The predicted octanol–water partition coefficient (Wildman–Crippen LogP) is 4.36. The predicted molar refractivity (Wildman–Crippen MR) is 102 cm³/mol. The smallest absolute Gasteiger partial charge is 0.322 e. The van der Waals surface area contributed by atoms with Gasteiger partial charge >= 0.3 is 6.03 Å². The molecule has 3 heterocycles. The number of carbonyl (C=O) groups excluding carboxylic acids is 1. The quantitative estimate of drug-likeness (QED) is 0.880. The van der Waals surface area contributed by atoms with E-state index in [1.165, 1.54) is 26.1 Å². The molecule has 1 atom stereocenters. The maximum Gasteiger partial charge on any atom is 0.322 e. The van der Waals surface area contributed by atoms with Crippen LogP contribution in [0, 0.1) is 17.3 Å². The number of nitrogens with zero attached hydrogens (tertiary/aromatic N) is 2. The topological polar surface area (TPSA) is 35.6 Å². The normalized spacial score (nSPS) is 23.6. The number of piperidine rings is 1. The van der Waals surface area contributed by atoms with E-state index in [0.29, 0.717) is 5.41 Å².